The van der Waals surface area contributed by atoms with Gasteiger partial charge in [-0.25, -0.2) is 0 Å². The van der Waals surface area contributed by atoms with E-state index in [1.165, 1.54) is 26.3 Å². The molecule has 1 aromatic heterocycles. The van der Waals surface area contributed by atoms with Crippen molar-refractivity contribution >= 4 is 5.78 Å². The van der Waals surface area contributed by atoms with Crippen molar-refractivity contribution in [3.63, 3.8) is 0 Å². The fraction of sp³-hybridized carbons (Fsp3) is 0.750. The summed E-state index contributed by atoms with van der Waals surface area (Å²) in [5.41, 5.74) is 0. The van der Waals surface area contributed by atoms with Crippen molar-refractivity contribution in [2.45, 2.75) is 33.1 Å². The number of likely N-dealkylation sites (tertiary alicyclic amines) is 1. The molecule has 1 aromatic rings. The molecule has 0 radical (unpaired) electrons. The van der Waals surface area contributed by atoms with Crippen molar-refractivity contribution in [2.24, 2.45) is 5.92 Å². The number of Topliss-reactive ketones (excluding diaryl/α,β-unsaturated/α-hetero) is 1. The van der Waals surface area contributed by atoms with Gasteiger partial charge in [-0.15, -0.1) is 0 Å². The van der Waals surface area contributed by atoms with Crippen molar-refractivity contribution < 1.29 is 9.32 Å². The number of hydrogen-bond donors (Lipinski definition) is 0. The fourth-order valence-electron chi connectivity index (χ4n) is 2.33. The third-order valence-corrected chi connectivity index (χ3v) is 3.30. The lowest BCUT2D eigenvalue weighted by atomic mass is 9.95. The van der Waals surface area contributed by atoms with Crippen LogP contribution in [0.2, 0.25) is 0 Å². The maximum absolute atomic E-state index is 11.1. The summed E-state index contributed by atoms with van der Waals surface area (Å²) in [4.78, 5) is 17.6. The van der Waals surface area contributed by atoms with Crippen LogP contribution in [0.1, 0.15) is 43.2 Å². The molecule has 1 unspecified atom stereocenters. The molecule has 0 aliphatic carbocycles. The summed E-state index contributed by atoms with van der Waals surface area (Å²) in [6.45, 7) is 7.01. The van der Waals surface area contributed by atoms with E-state index < -0.39 is 0 Å². The van der Waals surface area contributed by atoms with Gasteiger partial charge in [0.2, 0.25) is 17.5 Å². The lowest BCUT2D eigenvalue weighted by Gasteiger charge is -2.30. The quantitative estimate of drug-likeness (QED) is 0.743. The van der Waals surface area contributed by atoms with Crippen molar-refractivity contribution in [2.75, 3.05) is 19.6 Å². The lowest BCUT2D eigenvalue weighted by Crippen LogP contribution is -2.35. The maximum atomic E-state index is 11.1. The lowest BCUT2D eigenvalue weighted by molar-refractivity contribution is 0.100. The first-order valence-corrected chi connectivity index (χ1v) is 6.25. The van der Waals surface area contributed by atoms with Crippen LogP contribution < -0.4 is 0 Å². The molecule has 2 heterocycles. The molecule has 17 heavy (non-hydrogen) atoms. The van der Waals surface area contributed by atoms with Crippen LogP contribution in [0.4, 0.5) is 0 Å². The van der Waals surface area contributed by atoms with Gasteiger partial charge >= 0.3 is 0 Å². The number of carbonyl (C=O) groups is 1. The average molecular weight is 237 g/mol. The van der Waals surface area contributed by atoms with Gasteiger partial charge in [0.05, 0.1) is 0 Å². The van der Waals surface area contributed by atoms with Crippen molar-refractivity contribution in [1.29, 1.82) is 0 Å². The van der Waals surface area contributed by atoms with Crippen LogP contribution in [0.15, 0.2) is 4.52 Å². The number of ketones is 1. The van der Waals surface area contributed by atoms with Crippen LogP contribution >= 0.6 is 0 Å². The van der Waals surface area contributed by atoms with Gasteiger partial charge in [-0.2, -0.15) is 4.98 Å². The maximum Gasteiger partial charge on any atom is 0.238 e. The van der Waals surface area contributed by atoms with Crippen molar-refractivity contribution in [1.82, 2.24) is 15.0 Å². The summed E-state index contributed by atoms with van der Waals surface area (Å²) >= 11 is 0. The number of hydrogen-bond acceptors (Lipinski definition) is 5. The van der Waals surface area contributed by atoms with Gasteiger partial charge in [0, 0.05) is 19.9 Å². The van der Waals surface area contributed by atoms with E-state index in [-0.39, 0.29) is 11.6 Å². The Bertz CT molecular complexity index is 389. The predicted molar refractivity (Wildman–Crippen MR) is 62.8 cm³/mol. The van der Waals surface area contributed by atoms with E-state index in [0.717, 1.165) is 19.5 Å². The molecule has 1 aliphatic heterocycles. The van der Waals surface area contributed by atoms with Gasteiger partial charge in [-0.1, -0.05) is 12.1 Å². The van der Waals surface area contributed by atoms with Crippen LogP contribution in [0, 0.1) is 5.92 Å². The molecule has 1 aliphatic rings. The summed E-state index contributed by atoms with van der Waals surface area (Å²) in [6, 6.07) is 0. The molecular weight excluding hydrogens is 218 g/mol. The molecule has 5 nitrogen and oxygen atoms in total. The highest BCUT2D eigenvalue weighted by Crippen LogP contribution is 2.19. The molecule has 5 heteroatoms. The minimum atomic E-state index is -0.140. The Balaban J connectivity index is 1.93. The van der Waals surface area contributed by atoms with E-state index in [9.17, 15) is 4.79 Å². The number of rotatable bonds is 4. The Morgan fingerprint density at radius 3 is 3.06 bits per heavy atom. The number of aromatic nitrogens is 2. The second-order valence-electron chi connectivity index (χ2n) is 4.67. The van der Waals surface area contributed by atoms with E-state index >= 15 is 0 Å². The Kier molecular flexibility index (Phi) is 3.89. The van der Waals surface area contributed by atoms with Gasteiger partial charge in [0.1, 0.15) is 0 Å². The second kappa shape index (κ2) is 5.40. The van der Waals surface area contributed by atoms with Gasteiger partial charge < -0.3 is 9.42 Å². The molecule has 0 bridgehead atoms. The molecule has 94 valence electrons. The Morgan fingerprint density at radius 1 is 1.59 bits per heavy atom. The Labute approximate surface area is 101 Å². The summed E-state index contributed by atoms with van der Waals surface area (Å²) < 4.78 is 5.10. The van der Waals surface area contributed by atoms with Gasteiger partial charge in [0.25, 0.3) is 0 Å². The smallest absolute Gasteiger partial charge is 0.238 e. The van der Waals surface area contributed by atoms with Crippen LogP contribution in [0.25, 0.3) is 0 Å². The molecule has 0 spiro atoms. The topological polar surface area (TPSA) is 59.2 Å². The minimum absolute atomic E-state index is 0.140. The first kappa shape index (κ1) is 12.2. The monoisotopic (exact) mass is 237 g/mol. The number of nitrogens with zero attached hydrogens (tertiary/aromatic N) is 3. The molecular formula is C12H19N3O2. The van der Waals surface area contributed by atoms with Crippen molar-refractivity contribution in [3.05, 3.63) is 11.7 Å². The standard InChI is InChI=1S/C12H19N3O2/c1-3-15-6-4-5-10(8-15)7-11-13-12(9(2)16)14-17-11/h10H,3-8H2,1-2H3. The first-order chi connectivity index (χ1) is 8.19. The van der Waals surface area contributed by atoms with E-state index in [2.05, 4.69) is 22.0 Å². The largest absolute Gasteiger partial charge is 0.339 e. The van der Waals surface area contributed by atoms with Crippen LogP contribution in [-0.2, 0) is 6.42 Å². The molecule has 1 saturated heterocycles. The highest BCUT2D eigenvalue weighted by molar-refractivity contribution is 5.89. The fourth-order valence-corrected chi connectivity index (χ4v) is 2.33. The SMILES string of the molecule is CCN1CCCC(Cc2nc(C(C)=O)no2)C1. The molecule has 0 saturated carbocycles. The second-order valence-corrected chi connectivity index (χ2v) is 4.67. The number of carbonyl (C=O) groups excluding carboxylic acids is 1. The zero-order chi connectivity index (χ0) is 12.3. The molecule has 1 fully saturated rings. The van der Waals surface area contributed by atoms with E-state index in [4.69, 9.17) is 4.52 Å². The zero-order valence-corrected chi connectivity index (χ0v) is 10.5. The summed E-state index contributed by atoms with van der Waals surface area (Å²) in [5.74, 6) is 1.23. The summed E-state index contributed by atoms with van der Waals surface area (Å²) in [6.07, 6.45) is 3.22. The van der Waals surface area contributed by atoms with Crippen molar-refractivity contribution in [3.8, 4) is 0 Å². The normalized spacial score (nSPS) is 21.6. The third kappa shape index (κ3) is 3.12. The molecule has 2 rings (SSSR count). The first-order valence-electron chi connectivity index (χ1n) is 6.25. The Hall–Kier alpha value is -1.23. The van der Waals surface area contributed by atoms with E-state index in [1.807, 2.05) is 0 Å². The van der Waals surface area contributed by atoms with Gasteiger partial charge in [0.15, 0.2) is 0 Å². The molecule has 0 amide bonds. The van der Waals surface area contributed by atoms with E-state index in [1.54, 1.807) is 0 Å². The average Bonchev–Trinajstić information content (AvgIpc) is 2.78. The summed E-state index contributed by atoms with van der Waals surface area (Å²) in [7, 11) is 0. The molecule has 1 atom stereocenters. The van der Waals surface area contributed by atoms with Gasteiger partial charge in [-0.05, 0) is 31.8 Å². The van der Waals surface area contributed by atoms with Crippen LogP contribution in [-0.4, -0.2) is 40.5 Å². The zero-order valence-electron chi connectivity index (χ0n) is 10.5. The molecule has 0 aromatic carbocycles. The molecule has 0 N–H and O–H groups in total. The predicted octanol–water partition coefficient (Wildman–Crippen LogP) is 1.55. The highest BCUT2D eigenvalue weighted by atomic mass is 16.5. The van der Waals surface area contributed by atoms with E-state index in [0.29, 0.717) is 11.8 Å². The van der Waals surface area contributed by atoms with Gasteiger partial charge in [-0.3, -0.25) is 4.79 Å². The summed E-state index contributed by atoms with van der Waals surface area (Å²) in [5, 5.41) is 3.67. The third-order valence-electron chi connectivity index (χ3n) is 3.30. The van der Waals surface area contributed by atoms with Crippen LogP contribution in [0.3, 0.4) is 0 Å². The van der Waals surface area contributed by atoms with Crippen LogP contribution in [0.5, 0.6) is 0 Å². The minimum Gasteiger partial charge on any atom is -0.339 e. The Morgan fingerprint density at radius 2 is 2.41 bits per heavy atom. The number of piperidine rings is 1. The highest BCUT2D eigenvalue weighted by Gasteiger charge is 2.21.